The van der Waals surface area contributed by atoms with E-state index in [1.54, 1.807) is 17.1 Å². The molecule has 0 amide bonds. The van der Waals surface area contributed by atoms with Gasteiger partial charge in [0.2, 0.25) is 0 Å². The van der Waals surface area contributed by atoms with Gasteiger partial charge < -0.3 is 0 Å². The van der Waals surface area contributed by atoms with Gasteiger partial charge in [-0.1, -0.05) is 5.92 Å². The van der Waals surface area contributed by atoms with Crippen molar-refractivity contribution >= 4 is 0 Å². The normalized spacial score (nSPS) is 8.55. The van der Waals surface area contributed by atoms with E-state index in [9.17, 15) is 0 Å². The van der Waals surface area contributed by atoms with Crippen molar-refractivity contribution in [2.75, 3.05) is 0 Å². The van der Waals surface area contributed by atoms with Gasteiger partial charge in [0.1, 0.15) is 0 Å². The SMILES string of the molecule is C#CCCn1cc(C#C)cn1. The molecule has 11 heavy (non-hydrogen) atoms. The van der Waals surface area contributed by atoms with Crippen LogP contribution in [0.25, 0.3) is 0 Å². The van der Waals surface area contributed by atoms with Gasteiger partial charge in [0.25, 0.3) is 0 Å². The predicted molar refractivity (Wildman–Crippen MR) is 43.6 cm³/mol. The van der Waals surface area contributed by atoms with Crippen LogP contribution in [0.5, 0.6) is 0 Å². The van der Waals surface area contributed by atoms with Crippen LogP contribution in [0.2, 0.25) is 0 Å². The maximum Gasteiger partial charge on any atom is 0.0646 e. The minimum absolute atomic E-state index is 0.686. The third kappa shape index (κ3) is 1.88. The van der Waals surface area contributed by atoms with Gasteiger partial charge in [0.05, 0.1) is 18.3 Å². The van der Waals surface area contributed by atoms with Crippen molar-refractivity contribution in [3.05, 3.63) is 18.0 Å². The third-order valence-corrected chi connectivity index (χ3v) is 1.29. The van der Waals surface area contributed by atoms with E-state index in [2.05, 4.69) is 16.9 Å². The molecule has 2 nitrogen and oxygen atoms in total. The average molecular weight is 144 g/mol. The Bertz CT molecular complexity index is 309. The van der Waals surface area contributed by atoms with E-state index in [1.807, 2.05) is 0 Å². The Morgan fingerprint density at radius 2 is 2.36 bits per heavy atom. The average Bonchev–Trinajstić information content (AvgIpc) is 2.48. The summed E-state index contributed by atoms with van der Waals surface area (Å²) in [4.78, 5) is 0. The van der Waals surface area contributed by atoms with Crippen LogP contribution >= 0.6 is 0 Å². The summed E-state index contributed by atoms with van der Waals surface area (Å²) >= 11 is 0. The molecule has 0 saturated heterocycles. The Labute approximate surface area is 66.2 Å². The second kappa shape index (κ2) is 3.49. The molecule has 0 aliphatic rings. The Morgan fingerprint density at radius 1 is 1.55 bits per heavy atom. The van der Waals surface area contributed by atoms with E-state index in [0.29, 0.717) is 6.42 Å². The minimum atomic E-state index is 0.686. The van der Waals surface area contributed by atoms with Gasteiger partial charge >= 0.3 is 0 Å². The van der Waals surface area contributed by atoms with Gasteiger partial charge in [-0.25, -0.2) is 0 Å². The van der Waals surface area contributed by atoms with Crippen molar-refractivity contribution in [1.29, 1.82) is 0 Å². The van der Waals surface area contributed by atoms with Crippen LogP contribution in [0.4, 0.5) is 0 Å². The molecule has 0 aromatic carbocycles. The number of hydrogen-bond acceptors (Lipinski definition) is 1. The smallest absolute Gasteiger partial charge is 0.0646 e. The molecular weight excluding hydrogens is 136 g/mol. The van der Waals surface area contributed by atoms with Gasteiger partial charge in [0.15, 0.2) is 0 Å². The summed E-state index contributed by atoms with van der Waals surface area (Å²) in [5, 5.41) is 4.00. The zero-order chi connectivity index (χ0) is 8.10. The van der Waals surface area contributed by atoms with E-state index in [0.717, 1.165) is 12.1 Å². The summed E-state index contributed by atoms with van der Waals surface area (Å²) in [5.74, 6) is 5.02. The molecule has 1 aromatic heterocycles. The quantitative estimate of drug-likeness (QED) is 0.563. The summed E-state index contributed by atoms with van der Waals surface area (Å²) in [5.41, 5.74) is 0.794. The Morgan fingerprint density at radius 3 is 2.91 bits per heavy atom. The molecule has 0 unspecified atom stereocenters. The van der Waals surface area contributed by atoms with Crippen molar-refractivity contribution in [1.82, 2.24) is 9.78 Å². The molecule has 0 aliphatic carbocycles. The fourth-order valence-electron chi connectivity index (χ4n) is 0.739. The number of rotatable bonds is 2. The van der Waals surface area contributed by atoms with Crippen molar-refractivity contribution in [2.24, 2.45) is 0 Å². The van der Waals surface area contributed by atoms with Crippen LogP contribution in [-0.2, 0) is 6.54 Å². The van der Waals surface area contributed by atoms with Gasteiger partial charge in [-0.2, -0.15) is 5.10 Å². The Hall–Kier alpha value is -1.67. The summed E-state index contributed by atoms with van der Waals surface area (Å²) in [7, 11) is 0. The molecule has 0 N–H and O–H groups in total. The standard InChI is InChI=1S/C9H8N2/c1-3-5-6-11-8-9(4-2)7-10-11/h1-2,7-8H,5-6H2. The van der Waals surface area contributed by atoms with Gasteiger partial charge in [0, 0.05) is 12.6 Å². The zero-order valence-electron chi connectivity index (χ0n) is 6.12. The van der Waals surface area contributed by atoms with Crippen LogP contribution in [0.1, 0.15) is 12.0 Å². The molecule has 0 aliphatic heterocycles. The van der Waals surface area contributed by atoms with Crippen LogP contribution in [0.15, 0.2) is 12.4 Å². The summed E-state index contributed by atoms with van der Waals surface area (Å²) in [6.07, 6.45) is 14.4. The first-order valence-corrected chi connectivity index (χ1v) is 3.29. The number of nitrogens with zero attached hydrogens (tertiary/aromatic N) is 2. The fourth-order valence-corrected chi connectivity index (χ4v) is 0.739. The van der Waals surface area contributed by atoms with E-state index in [1.165, 1.54) is 0 Å². The lowest BCUT2D eigenvalue weighted by atomic mass is 10.4. The molecule has 0 spiro atoms. The van der Waals surface area contributed by atoms with Crippen molar-refractivity contribution in [3.63, 3.8) is 0 Å². The summed E-state index contributed by atoms with van der Waals surface area (Å²) < 4.78 is 1.75. The maximum atomic E-state index is 5.15. The van der Waals surface area contributed by atoms with Crippen LogP contribution < -0.4 is 0 Å². The molecule has 0 fully saturated rings. The highest BCUT2D eigenvalue weighted by Gasteiger charge is 1.92. The van der Waals surface area contributed by atoms with Crippen LogP contribution in [-0.4, -0.2) is 9.78 Å². The van der Waals surface area contributed by atoms with E-state index < -0.39 is 0 Å². The summed E-state index contributed by atoms with van der Waals surface area (Å²) in [6.45, 7) is 0.734. The zero-order valence-corrected chi connectivity index (χ0v) is 6.12. The molecule has 0 radical (unpaired) electrons. The largest absolute Gasteiger partial charge is 0.271 e. The molecular formula is C9H8N2. The summed E-state index contributed by atoms with van der Waals surface area (Å²) in [6, 6.07) is 0. The topological polar surface area (TPSA) is 17.8 Å². The second-order valence-electron chi connectivity index (χ2n) is 2.09. The van der Waals surface area contributed by atoms with Gasteiger partial charge in [-0.3, -0.25) is 4.68 Å². The second-order valence-corrected chi connectivity index (χ2v) is 2.09. The first-order valence-electron chi connectivity index (χ1n) is 3.29. The van der Waals surface area contributed by atoms with E-state index in [4.69, 9.17) is 12.8 Å². The van der Waals surface area contributed by atoms with Crippen LogP contribution in [0, 0.1) is 24.7 Å². The third-order valence-electron chi connectivity index (χ3n) is 1.29. The molecule has 0 bridgehead atoms. The number of hydrogen-bond donors (Lipinski definition) is 0. The van der Waals surface area contributed by atoms with Crippen LogP contribution in [0.3, 0.4) is 0 Å². The molecule has 0 atom stereocenters. The van der Waals surface area contributed by atoms with Crippen molar-refractivity contribution < 1.29 is 0 Å². The Kier molecular flexibility index (Phi) is 2.36. The molecule has 0 saturated carbocycles. The van der Waals surface area contributed by atoms with Gasteiger partial charge in [-0.15, -0.1) is 18.8 Å². The lowest BCUT2D eigenvalue weighted by Crippen LogP contribution is -1.96. The first kappa shape index (κ1) is 7.44. The number of aryl methyl sites for hydroxylation is 1. The maximum absolute atomic E-state index is 5.15. The van der Waals surface area contributed by atoms with E-state index in [-0.39, 0.29) is 0 Å². The fraction of sp³-hybridized carbons (Fsp3) is 0.222. The molecule has 1 heterocycles. The Balaban J connectivity index is 2.62. The molecule has 1 aromatic rings. The molecule has 2 heteroatoms. The number of terminal acetylenes is 2. The molecule has 1 rings (SSSR count). The molecule has 54 valence electrons. The first-order chi connectivity index (χ1) is 5.36. The minimum Gasteiger partial charge on any atom is -0.271 e. The lowest BCUT2D eigenvalue weighted by Gasteiger charge is -1.92. The predicted octanol–water partition coefficient (Wildman–Crippen LogP) is 0.888. The van der Waals surface area contributed by atoms with Gasteiger partial charge in [-0.05, 0) is 0 Å². The van der Waals surface area contributed by atoms with Crippen molar-refractivity contribution in [2.45, 2.75) is 13.0 Å². The van der Waals surface area contributed by atoms with E-state index >= 15 is 0 Å². The highest BCUT2D eigenvalue weighted by Crippen LogP contribution is 1.95. The monoisotopic (exact) mass is 144 g/mol. The highest BCUT2D eigenvalue weighted by molar-refractivity contribution is 5.26. The highest BCUT2D eigenvalue weighted by atomic mass is 15.3. The lowest BCUT2D eigenvalue weighted by molar-refractivity contribution is 0.630. The van der Waals surface area contributed by atoms with Crippen molar-refractivity contribution in [3.8, 4) is 24.7 Å². The number of aromatic nitrogens is 2.